The first-order valence-corrected chi connectivity index (χ1v) is 12.7. The van der Waals surface area contributed by atoms with Crippen molar-refractivity contribution >= 4 is 34.8 Å². The van der Waals surface area contributed by atoms with Crippen molar-refractivity contribution in [3.8, 4) is 0 Å². The summed E-state index contributed by atoms with van der Waals surface area (Å²) in [5.41, 5.74) is 2.45. The van der Waals surface area contributed by atoms with E-state index >= 15 is 0 Å². The van der Waals surface area contributed by atoms with Crippen LogP contribution in [0.5, 0.6) is 0 Å². The number of aromatic nitrogens is 2. The molecule has 1 saturated carbocycles. The lowest BCUT2D eigenvalue weighted by atomic mass is 9.91. The zero-order valence-electron chi connectivity index (χ0n) is 21.4. The summed E-state index contributed by atoms with van der Waals surface area (Å²) in [6.45, 7) is 2.12. The predicted octanol–water partition coefficient (Wildman–Crippen LogP) is 6.38. The normalized spacial score (nSPS) is 15.5. The molecule has 1 spiro atoms. The first-order valence-electron chi connectivity index (χ1n) is 12.7. The molecule has 1 aliphatic heterocycles. The number of hydrogen-bond donors (Lipinski definition) is 2. The fourth-order valence-electron chi connectivity index (χ4n) is 5.04. The maximum atomic E-state index is 13.8. The number of alkyl halides is 3. The first kappa shape index (κ1) is 25.5. The number of carbonyl (C=O) groups is 2. The average molecular weight is 544 g/mol. The van der Waals surface area contributed by atoms with E-state index in [0.29, 0.717) is 30.2 Å². The van der Waals surface area contributed by atoms with Crippen LogP contribution in [0.2, 0.25) is 0 Å². The van der Waals surface area contributed by atoms with Gasteiger partial charge in [0, 0.05) is 34.4 Å². The molecule has 0 unspecified atom stereocenters. The van der Waals surface area contributed by atoms with Gasteiger partial charge in [-0.05, 0) is 67.8 Å². The molecule has 10 heteroatoms. The number of anilines is 4. The molecular weight excluding hydrogens is 519 g/mol. The molecule has 6 rings (SSSR count). The molecule has 0 bridgehead atoms. The number of nitrogens with one attached hydrogen (secondary N) is 2. The molecule has 0 saturated heterocycles. The number of carbonyl (C=O) groups excluding carboxylic acids is 2. The van der Waals surface area contributed by atoms with E-state index in [2.05, 4.69) is 15.6 Å². The van der Waals surface area contributed by atoms with Gasteiger partial charge in [-0.2, -0.15) is 13.2 Å². The van der Waals surface area contributed by atoms with E-state index in [9.17, 15) is 22.8 Å². The summed E-state index contributed by atoms with van der Waals surface area (Å²) < 4.78 is 39.3. The summed E-state index contributed by atoms with van der Waals surface area (Å²) in [6, 6.07) is 18.9. The molecule has 1 aromatic heterocycles. The highest BCUT2D eigenvalue weighted by Gasteiger charge is 2.58. The number of para-hydroxylation sites is 1. The van der Waals surface area contributed by atoms with E-state index in [1.165, 1.54) is 12.1 Å². The molecule has 1 fully saturated rings. The number of aryl methyl sites for hydroxylation is 1. The van der Waals surface area contributed by atoms with Crippen LogP contribution in [0.3, 0.4) is 0 Å². The number of benzene rings is 3. The lowest BCUT2D eigenvalue weighted by molar-refractivity contribution is -0.137. The summed E-state index contributed by atoms with van der Waals surface area (Å²) in [6.07, 6.45) is -1.48. The minimum atomic E-state index is -4.56. The molecule has 202 valence electrons. The van der Waals surface area contributed by atoms with E-state index in [4.69, 9.17) is 4.98 Å². The number of amides is 2. The molecule has 2 amide bonds. The van der Waals surface area contributed by atoms with E-state index in [1.54, 1.807) is 29.3 Å². The van der Waals surface area contributed by atoms with Crippen molar-refractivity contribution in [2.75, 3.05) is 15.5 Å². The molecule has 3 aromatic carbocycles. The van der Waals surface area contributed by atoms with Gasteiger partial charge in [-0.3, -0.25) is 9.59 Å². The highest BCUT2D eigenvalue weighted by atomic mass is 19.4. The summed E-state index contributed by atoms with van der Waals surface area (Å²) in [7, 11) is 0. The number of halogens is 3. The Kier molecular flexibility index (Phi) is 6.05. The van der Waals surface area contributed by atoms with E-state index < -0.39 is 23.1 Å². The highest BCUT2D eigenvalue weighted by Crippen LogP contribution is 2.53. The van der Waals surface area contributed by atoms with Gasteiger partial charge in [0.15, 0.2) is 0 Å². The molecule has 2 N–H and O–H groups in total. The second kappa shape index (κ2) is 9.48. The monoisotopic (exact) mass is 543 g/mol. The Hall–Kier alpha value is -4.73. The molecule has 2 aliphatic rings. The Morgan fingerprint density at radius 2 is 1.75 bits per heavy atom. The van der Waals surface area contributed by atoms with Gasteiger partial charge in [0.2, 0.25) is 11.9 Å². The second-order valence-corrected chi connectivity index (χ2v) is 10.1. The Morgan fingerprint density at radius 3 is 2.48 bits per heavy atom. The Morgan fingerprint density at radius 1 is 0.975 bits per heavy atom. The van der Waals surface area contributed by atoms with Gasteiger partial charge < -0.3 is 15.5 Å². The smallest absolute Gasteiger partial charge is 0.324 e. The standard InChI is InChI=1S/C30H24F3N5O2/c1-18-10-11-23(35-26(39)19-6-5-7-21(14-19)30(31,32)33)15-24(18)38-17-20-16-34-28(36-22-8-3-2-4-9-22)37-25(20)29(12-13-29)27(38)40/h2-11,14-16H,12-13,17H2,1H3,(H,35,39)(H,34,36,37). The van der Waals surface area contributed by atoms with Crippen molar-refractivity contribution in [2.45, 2.75) is 37.9 Å². The number of fused-ring (bicyclic) bond motifs is 2. The SMILES string of the molecule is Cc1ccc(NC(=O)c2cccc(C(F)(F)F)c2)cc1N1Cc2cnc(Nc3ccccc3)nc2C2(CC2)C1=O. The molecule has 2 heterocycles. The molecule has 1 aliphatic carbocycles. The van der Waals surface area contributed by atoms with Gasteiger partial charge in [0.05, 0.1) is 23.2 Å². The zero-order chi connectivity index (χ0) is 28.1. The Balaban J connectivity index is 1.27. The third-order valence-corrected chi connectivity index (χ3v) is 7.29. The van der Waals surface area contributed by atoms with Crippen molar-refractivity contribution in [1.82, 2.24) is 9.97 Å². The van der Waals surface area contributed by atoms with Gasteiger partial charge in [0.1, 0.15) is 0 Å². The van der Waals surface area contributed by atoms with E-state index in [1.807, 2.05) is 37.3 Å². The number of nitrogens with zero attached hydrogens (tertiary/aromatic N) is 3. The minimum Gasteiger partial charge on any atom is -0.324 e. The molecule has 40 heavy (non-hydrogen) atoms. The van der Waals surface area contributed by atoms with Crippen LogP contribution in [0.4, 0.5) is 36.2 Å². The molecule has 7 nitrogen and oxygen atoms in total. The molecule has 0 atom stereocenters. The van der Waals surface area contributed by atoms with Crippen molar-refractivity contribution in [3.05, 3.63) is 107 Å². The highest BCUT2D eigenvalue weighted by molar-refractivity contribution is 6.07. The topological polar surface area (TPSA) is 87.2 Å². The van der Waals surface area contributed by atoms with Gasteiger partial charge in [0.25, 0.3) is 5.91 Å². The van der Waals surface area contributed by atoms with Crippen molar-refractivity contribution < 1.29 is 22.8 Å². The quantitative estimate of drug-likeness (QED) is 0.305. The van der Waals surface area contributed by atoms with Crippen LogP contribution in [-0.2, 0) is 22.9 Å². The fourth-order valence-corrected chi connectivity index (χ4v) is 5.04. The van der Waals surface area contributed by atoms with Gasteiger partial charge in [-0.15, -0.1) is 0 Å². The first-order chi connectivity index (χ1) is 19.1. The fraction of sp³-hybridized carbons (Fsp3) is 0.200. The molecule has 0 radical (unpaired) electrons. The third kappa shape index (κ3) is 4.66. The van der Waals surface area contributed by atoms with Crippen molar-refractivity contribution in [2.24, 2.45) is 0 Å². The largest absolute Gasteiger partial charge is 0.416 e. The van der Waals surface area contributed by atoms with Crippen molar-refractivity contribution in [1.29, 1.82) is 0 Å². The lowest BCUT2D eigenvalue weighted by Gasteiger charge is -2.34. The summed E-state index contributed by atoms with van der Waals surface area (Å²) in [4.78, 5) is 37.5. The minimum absolute atomic E-state index is 0.0752. The molecule has 4 aromatic rings. The summed E-state index contributed by atoms with van der Waals surface area (Å²) >= 11 is 0. The summed E-state index contributed by atoms with van der Waals surface area (Å²) in [5.74, 6) is -0.330. The summed E-state index contributed by atoms with van der Waals surface area (Å²) in [5, 5.41) is 5.85. The van der Waals surface area contributed by atoms with Crippen LogP contribution in [0.15, 0.2) is 79.0 Å². The molecular formula is C30H24F3N5O2. The Labute approximate surface area is 228 Å². The van der Waals surface area contributed by atoms with Crippen LogP contribution >= 0.6 is 0 Å². The van der Waals surface area contributed by atoms with Crippen LogP contribution in [-0.4, -0.2) is 21.8 Å². The Bertz CT molecular complexity index is 1630. The van der Waals surface area contributed by atoms with Gasteiger partial charge in [-0.25, -0.2) is 9.97 Å². The maximum absolute atomic E-state index is 13.8. The van der Waals surface area contributed by atoms with Crippen LogP contribution < -0.4 is 15.5 Å². The van der Waals surface area contributed by atoms with E-state index in [-0.39, 0.29) is 18.0 Å². The average Bonchev–Trinajstić information content (AvgIpc) is 3.74. The lowest BCUT2D eigenvalue weighted by Crippen LogP contribution is -2.45. The van der Waals surface area contributed by atoms with Gasteiger partial charge in [-0.1, -0.05) is 30.3 Å². The van der Waals surface area contributed by atoms with Crippen molar-refractivity contribution in [3.63, 3.8) is 0 Å². The predicted molar refractivity (Wildman–Crippen MR) is 144 cm³/mol. The van der Waals surface area contributed by atoms with Crippen LogP contribution in [0.25, 0.3) is 0 Å². The third-order valence-electron chi connectivity index (χ3n) is 7.29. The van der Waals surface area contributed by atoms with Crippen LogP contribution in [0, 0.1) is 6.92 Å². The zero-order valence-corrected chi connectivity index (χ0v) is 21.4. The second-order valence-electron chi connectivity index (χ2n) is 10.1. The van der Waals surface area contributed by atoms with E-state index in [0.717, 1.165) is 34.6 Å². The maximum Gasteiger partial charge on any atom is 0.416 e. The number of hydrogen-bond acceptors (Lipinski definition) is 5. The number of rotatable bonds is 5. The van der Waals surface area contributed by atoms with Crippen LogP contribution in [0.1, 0.15) is 45.6 Å². The van der Waals surface area contributed by atoms with Gasteiger partial charge >= 0.3 is 6.18 Å².